The monoisotopic (exact) mass is 389 g/mol. The van der Waals surface area contributed by atoms with Gasteiger partial charge in [-0.1, -0.05) is 31.7 Å². The number of nitrogens with zero attached hydrogens (tertiary/aromatic N) is 3. The Hall–Kier alpha value is -2.25. The van der Waals surface area contributed by atoms with E-state index in [0.29, 0.717) is 17.3 Å². The van der Waals surface area contributed by atoms with E-state index in [-0.39, 0.29) is 12.5 Å². The van der Waals surface area contributed by atoms with Gasteiger partial charge < -0.3 is 9.67 Å². The highest BCUT2D eigenvalue weighted by atomic mass is 32.2. The topological polar surface area (TPSA) is 50.9 Å². The molecule has 0 aliphatic carbocycles. The number of benzene rings is 1. The maximum Gasteiger partial charge on any atom is 0.136 e. The number of aryl methyl sites for hydroxylation is 1. The maximum absolute atomic E-state index is 13.6. The fourth-order valence-electron chi connectivity index (χ4n) is 2.82. The van der Waals surface area contributed by atoms with Crippen molar-refractivity contribution >= 4 is 11.8 Å². The molecule has 3 aromatic rings. The zero-order valence-corrected chi connectivity index (χ0v) is 16.2. The number of hydrogen-bond acceptors (Lipinski definition) is 4. The molecular weight excluding hydrogens is 368 g/mol. The van der Waals surface area contributed by atoms with Crippen molar-refractivity contribution in [3.8, 4) is 0 Å². The Morgan fingerprint density at radius 2 is 1.89 bits per heavy atom. The van der Waals surface area contributed by atoms with Gasteiger partial charge in [0.05, 0.1) is 12.2 Å². The molecule has 0 bridgehead atoms. The third-order valence-electron chi connectivity index (χ3n) is 4.21. The molecule has 1 aromatic carbocycles. The van der Waals surface area contributed by atoms with E-state index >= 15 is 0 Å². The number of aliphatic hydroxyl groups excluding tert-OH is 1. The van der Waals surface area contributed by atoms with Crippen LogP contribution in [0.1, 0.15) is 42.5 Å². The van der Waals surface area contributed by atoms with Gasteiger partial charge in [0.15, 0.2) is 0 Å². The number of halogens is 2. The molecule has 142 valence electrons. The predicted octanol–water partition coefficient (Wildman–Crippen LogP) is 4.68. The van der Waals surface area contributed by atoms with Crippen LogP contribution in [0.4, 0.5) is 8.78 Å². The molecule has 0 fully saturated rings. The van der Waals surface area contributed by atoms with E-state index in [1.54, 1.807) is 6.20 Å². The molecule has 0 spiro atoms. The maximum atomic E-state index is 13.6. The third kappa shape index (κ3) is 4.36. The normalized spacial score (nSPS) is 11.4. The summed E-state index contributed by atoms with van der Waals surface area (Å²) in [5.74, 6) is -0.644. The first-order chi connectivity index (χ1) is 12.9. The fraction of sp³-hybridized carbons (Fsp3) is 0.300. The summed E-state index contributed by atoms with van der Waals surface area (Å²) >= 11 is 1.25. The molecule has 1 N–H and O–H groups in total. The highest BCUT2D eigenvalue weighted by Crippen LogP contribution is 2.36. The lowest BCUT2D eigenvalue weighted by Gasteiger charge is -2.14. The predicted molar refractivity (Wildman–Crippen MR) is 101 cm³/mol. The molecule has 2 aromatic heterocycles. The van der Waals surface area contributed by atoms with Crippen molar-refractivity contribution in [2.45, 2.75) is 49.8 Å². The van der Waals surface area contributed by atoms with E-state index in [2.05, 4.69) is 9.97 Å². The van der Waals surface area contributed by atoms with E-state index in [9.17, 15) is 13.9 Å². The molecule has 3 rings (SSSR count). The highest BCUT2D eigenvalue weighted by Gasteiger charge is 2.21. The number of imidazole rings is 1. The van der Waals surface area contributed by atoms with Crippen LogP contribution in [-0.4, -0.2) is 19.6 Å². The van der Waals surface area contributed by atoms with Gasteiger partial charge in [0.1, 0.15) is 29.1 Å². The molecule has 0 saturated carbocycles. The lowest BCUT2D eigenvalue weighted by atomic mass is 10.1. The molecule has 0 amide bonds. The van der Waals surface area contributed by atoms with Crippen molar-refractivity contribution in [3.63, 3.8) is 0 Å². The minimum atomic E-state index is -0.625. The van der Waals surface area contributed by atoms with Crippen LogP contribution >= 0.6 is 11.8 Å². The summed E-state index contributed by atoms with van der Waals surface area (Å²) in [5.41, 5.74) is 2.66. The van der Waals surface area contributed by atoms with Gasteiger partial charge in [0.2, 0.25) is 0 Å². The van der Waals surface area contributed by atoms with E-state index in [1.807, 2.05) is 37.5 Å². The third-order valence-corrected chi connectivity index (χ3v) is 5.30. The van der Waals surface area contributed by atoms with E-state index in [1.165, 1.54) is 23.9 Å². The summed E-state index contributed by atoms with van der Waals surface area (Å²) in [4.78, 5) is 9.33. The summed E-state index contributed by atoms with van der Waals surface area (Å²) in [6.45, 7) is 6.16. The molecule has 0 aliphatic rings. The average Bonchev–Trinajstić information content (AvgIpc) is 2.94. The van der Waals surface area contributed by atoms with Gasteiger partial charge in [-0.05, 0) is 36.6 Å². The Bertz CT molecular complexity index is 936. The zero-order valence-electron chi connectivity index (χ0n) is 15.4. The van der Waals surface area contributed by atoms with Crippen LogP contribution in [-0.2, 0) is 13.2 Å². The van der Waals surface area contributed by atoms with Crippen LogP contribution in [0.15, 0.2) is 46.5 Å². The number of aromatic nitrogens is 3. The number of pyridine rings is 1. The molecule has 0 radical (unpaired) electrons. The van der Waals surface area contributed by atoms with Gasteiger partial charge in [0, 0.05) is 22.9 Å². The largest absolute Gasteiger partial charge is 0.388 e. The molecule has 0 aliphatic heterocycles. The summed E-state index contributed by atoms with van der Waals surface area (Å²) in [6, 6.07) is 7.26. The highest BCUT2D eigenvalue weighted by molar-refractivity contribution is 7.99. The van der Waals surface area contributed by atoms with Gasteiger partial charge in [-0.2, -0.15) is 0 Å². The van der Waals surface area contributed by atoms with Gasteiger partial charge >= 0.3 is 0 Å². The first-order valence-corrected chi connectivity index (χ1v) is 9.45. The van der Waals surface area contributed by atoms with Gasteiger partial charge in [-0.25, -0.2) is 13.8 Å². The average molecular weight is 389 g/mol. The van der Waals surface area contributed by atoms with Gasteiger partial charge in [0.25, 0.3) is 0 Å². The number of aliphatic hydroxyl groups is 1. The molecule has 4 nitrogen and oxygen atoms in total. The summed E-state index contributed by atoms with van der Waals surface area (Å²) in [7, 11) is 0. The smallest absolute Gasteiger partial charge is 0.136 e. The van der Waals surface area contributed by atoms with E-state index in [0.717, 1.165) is 28.0 Å². The summed E-state index contributed by atoms with van der Waals surface area (Å²) in [6.07, 6.45) is 1.73. The van der Waals surface area contributed by atoms with Crippen molar-refractivity contribution in [3.05, 3.63) is 70.9 Å². The Balaban J connectivity index is 2.09. The van der Waals surface area contributed by atoms with Crippen LogP contribution in [0.3, 0.4) is 0 Å². The van der Waals surface area contributed by atoms with Crippen LogP contribution in [0.25, 0.3) is 0 Å². The van der Waals surface area contributed by atoms with Gasteiger partial charge in [-0.3, -0.25) is 4.98 Å². The lowest BCUT2D eigenvalue weighted by molar-refractivity contribution is 0.264. The second kappa shape index (κ2) is 8.19. The summed E-state index contributed by atoms with van der Waals surface area (Å²) < 4.78 is 29.2. The van der Waals surface area contributed by atoms with E-state index in [4.69, 9.17) is 0 Å². The second-order valence-electron chi connectivity index (χ2n) is 6.57. The molecule has 0 saturated heterocycles. The van der Waals surface area contributed by atoms with Gasteiger partial charge in [-0.15, -0.1) is 0 Å². The first kappa shape index (κ1) is 19.5. The van der Waals surface area contributed by atoms with E-state index < -0.39 is 11.6 Å². The first-order valence-electron chi connectivity index (χ1n) is 8.63. The molecular formula is C20H21F2N3OS. The quantitative estimate of drug-likeness (QED) is 0.665. The summed E-state index contributed by atoms with van der Waals surface area (Å²) in [5, 5.41) is 10.6. The molecule has 0 atom stereocenters. The Morgan fingerprint density at radius 1 is 1.19 bits per heavy atom. The standard InChI is InChI=1S/C20H21F2N3OS/c1-12(2)19-20(27-17-8-15(21)7-16(22)9-17)25(18(11-26)24-19)10-14-5-4-6-23-13(14)3/h4-9,12,26H,10-11H2,1-3H3. The van der Waals surface area contributed by atoms with Crippen molar-refractivity contribution in [2.24, 2.45) is 0 Å². The van der Waals surface area contributed by atoms with Crippen molar-refractivity contribution in [2.75, 3.05) is 0 Å². The Labute approximate surface area is 161 Å². The SMILES string of the molecule is Cc1ncccc1Cn1c(CO)nc(C(C)C)c1Sc1cc(F)cc(F)c1. The van der Waals surface area contributed by atoms with Crippen LogP contribution in [0, 0.1) is 18.6 Å². The second-order valence-corrected chi connectivity index (χ2v) is 7.63. The minimum absolute atomic E-state index is 0.0902. The van der Waals surface area contributed by atoms with Crippen LogP contribution in [0.2, 0.25) is 0 Å². The van der Waals surface area contributed by atoms with Crippen molar-refractivity contribution < 1.29 is 13.9 Å². The van der Waals surface area contributed by atoms with Crippen molar-refractivity contribution in [1.82, 2.24) is 14.5 Å². The number of hydrogen-bond donors (Lipinski definition) is 1. The Kier molecular flexibility index (Phi) is 5.92. The minimum Gasteiger partial charge on any atom is -0.388 e. The fourth-order valence-corrected chi connectivity index (χ4v) is 4.06. The molecule has 27 heavy (non-hydrogen) atoms. The van der Waals surface area contributed by atoms with Crippen LogP contribution in [0.5, 0.6) is 0 Å². The lowest BCUT2D eigenvalue weighted by Crippen LogP contribution is -2.08. The molecule has 2 heterocycles. The number of rotatable bonds is 6. The Morgan fingerprint density at radius 3 is 2.48 bits per heavy atom. The van der Waals surface area contributed by atoms with Crippen molar-refractivity contribution in [1.29, 1.82) is 0 Å². The van der Waals surface area contributed by atoms with Crippen LogP contribution < -0.4 is 0 Å². The molecule has 7 heteroatoms. The zero-order chi connectivity index (χ0) is 19.6. The molecule has 0 unspecified atom stereocenters.